The molecule has 0 fully saturated rings. The van der Waals surface area contributed by atoms with Crippen molar-refractivity contribution in [3.63, 3.8) is 0 Å². The van der Waals surface area contributed by atoms with Crippen molar-refractivity contribution in [2.75, 3.05) is 12.8 Å². The Kier molecular flexibility index (Phi) is 4.84. The van der Waals surface area contributed by atoms with Crippen LogP contribution in [-0.2, 0) is 6.42 Å². The highest BCUT2D eigenvalue weighted by molar-refractivity contribution is 7.99. The van der Waals surface area contributed by atoms with Gasteiger partial charge in [-0.1, -0.05) is 30.8 Å². The van der Waals surface area contributed by atoms with Crippen molar-refractivity contribution in [3.8, 4) is 5.75 Å². The number of hydrogen-bond acceptors (Lipinski definition) is 5. The Bertz CT molecular complexity index is 602. The minimum atomic E-state index is 0.556. The van der Waals surface area contributed by atoms with E-state index in [0.29, 0.717) is 5.82 Å². The van der Waals surface area contributed by atoms with Gasteiger partial charge in [-0.05, 0) is 25.5 Å². The quantitative estimate of drug-likeness (QED) is 0.854. The van der Waals surface area contributed by atoms with Crippen LogP contribution in [0.15, 0.2) is 34.2 Å². The maximum Gasteiger partial charge on any atom is 0.132 e. The van der Waals surface area contributed by atoms with Gasteiger partial charge in [0.1, 0.15) is 22.4 Å². The zero-order chi connectivity index (χ0) is 14.5. The molecule has 1 aromatic carbocycles. The largest absolute Gasteiger partial charge is 0.496 e. The van der Waals surface area contributed by atoms with E-state index in [-0.39, 0.29) is 0 Å². The second kappa shape index (κ2) is 6.61. The number of ether oxygens (including phenoxy) is 1. The molecule has 106 valence electrons. The summed E-state index contributed by atoms with van der Waals surface area (Å²) in [7, 11) is 1.67. The lowest BCUT2D eigenvalue weighted by atomic mass is 10.3. The van der Waals surface area contributed by atoms with Crippen molar-refractivity contribution in [3.05, 3.63) is 35.7 Å². The van der Waals surface area contributed by atoms with E-state index >= 15 is 0 Å². The minimum Gasteiger partial charge on any atom is -0.496 e. The number of nitrogen functional groups attached to an aromatic ring is 1. The molecule has 5 heteroatoms. The van der Waals surface area contributed by atoms with Crippen molar-refractivity contribution in [1.29, 1.82) is 0 Å². The molecule has 1 aromatic heterocycles. The molecule has 0 radical (unpaired) electrons. The molecular formula is C15H19N3OS. The van der Waals surface area contributed by atoms with Crippen LogP contribution in [-0.4, -0.2) is 17.1 Å². The molecule has 2 rings (SSSR count). The van der Waals surface area contributed by atoms with Gasteiger partial charge >= 0.3 is 0 Å². The summed E-state index contributed by atoms with van der Waals surface area (Å²) in [6, 6.07) is 7.89. The lowest BCUT2D eigenvalue weighted by Gasteiger charge is -2.11. The van der Waals surface area contributed by atoms with Crippen molar-refractivity contribution in [2.24, 2.45) is 0 Å². The molecule has 0 unspecified atom stereocenters. The molecule has 0 saturated carbocycles. The number of aryl methyl sites for hydroxylation is 1. The first kappa shape index (κ1) is 14.7. The predicted octanol–water partition coefficient (Wildman–Crippen LogP) is 3.48. The highest BCUT2D eigenvalue weighted by Crippen LogP contribution is 2.36. The van der Waals surface area contributed by atoms with E-state index in [1.165, 1.54) is 0 Å². The van der Waals surface area contributed by atoms with Crippen molar-refractivity contribution >= 4 is 17.6 Å². The van der Waals surface area contributed by atoms with E-state index < -0.39 is 0 Å². The van der Waals surface area contributed by atoms with Gasteiger partial charge in [0.05, 0.1) is 12.0 Å². The molecule has 1 heterocycles. The standard InChI is InChI=1S/C15H19N3OS/c1-4-7-13-17-14(16)10(2)15(18-13)20-12-9-6-5-8-11(12)19-3/h5-6,8-9H,4,7H2,1-3H3,(H2,16,17,18). The summed E-state index contributed by atoms with van der Waals surface area (Å²) in [5, 5.41) is 0.894. The normalized spacial score (nSPS) is 10.6. The van der Waals surface area contributed by atoms with Crippen LogP contribution in [0.2, 0.25) is 0 Å². The first-order valence-electron chi connectivity index (χ1n) is 6.59. The van der Waals surface area contributed by atoms with E-state index in [0.717, 1.165) is 39.9 Å². The smallest absolute Gasteiger partial charge is 0.132 e. The molecule has 4 nitrogen and oxygen atoms in total. The summed E-state index contributed by atoms with van der Waals surface area (Å²) in [5.41, 5.74) is 6.90. The molecular weight excluding hydrogens is 270 g/mol. The average Bonchev–Trinajstić information content (AvgIpc) is 2.45. The molecule has 20 heavy (non-hydrogen) atoms. The van der Waals surface area contributed by atoms with Crippen molar-refractivity contribution < 1.29 is 4.74 Å². The Morgan fingerprint density at radius 2 is 2.00 bits per heavy atom. The highest BCUT2D eigenvalue weighted by atomic mass is 32.2. The highest BCUT2D eigenvalue weighted by Gasteiger charge is 2.12. The van der Waals surface area contributed by atoms with Crippen LogP contribution in [0.4, 0.5) is 5.82 Å². The van der Waals surface area contributed by atoms with Gasteiger partial charge in [-0.15, -0.1) is 0 Å². The number of nitrogens with two attached hydrogens (primary N) is 1. The molecule has 0 spiro atoms. The summed E-state index contributed by atoms with van der Waals surface area (Å²) >= 11 is 1.56. The summed E-state index contributed by atoms with van der Waals surface area (Å²) in [4.78, 5) is 9.97. The molecule has 2 N–H and O–H groups in total. The van der Waals surface area contributed by atoms with Crippen LogP contribution in [0.1, 0.15) is 24.7 Å². The first-order valence-corrected chi connectivity index (χ1v) is 7.41. The number of aromatic nitrogens is 2. The van der Waals surface area contributed by atoms with Crippen molar-refractivity contribution in [2.45, 2.75) is 36.6 Å². The Labute approximate surface area is 123 Å². The van der Waals surface area contributed by atoms with Crippen LogP contribution in [0, 0.1) is 6.92 Å². The zero-order valence-electron chi connectivity index (χ0n) is 12.0. The van der Waals surface area contributed by atoms with Crippen LogP contribution in [0.3, 0.4) is 0 Å². The number of nitrogens with zero attached hydrogens (tertiary/aromatic N) is 2. The monoisotopic (exact) mass is 289 g/mol. The van der Waals surface area contributed by atoms with Gasteiger partial charge in [0.15, 0.2) is 0 Å². The second-order valence-corrected chi connectivity index (χ2v) is 5.49. The number of rotatable bonds is 5. The number of para-hydroxylation sites is 1. The molecule has 0 bridgehead atoms. The van der Waals surface area contributed by atoms with E-state index in [1.54, 1.807) is 18.9 Å². The average molecular weight is 289 g/mol. The van der Waals surface area contributed by atoms with Gasteiger partial charge in [-0.2, -0.15) is 0 Å². The number of methoxy groups -OCH3 is 1. The summed E-state index contributed by atoms with van der Waals surface area (Å²) in [6.45, 7) is 4.05. The lowest BCUT2D eigenvalue weighted by Crippen LogP contribution is -2.04. The van der Waals surface area contributed by atoms with Gasteiger partial charge in [0.2, 0.25) is 0 Å². The predicted molar refractivity (Wildman–Crippen MR) is 82.3 cm³/mol. The summed E-state index contributed by atoms with van der Waals surface area (Å²) < 4.78 is 5.37. The maximum absolute atomic E-state index is 5.98. The minimum absolute atomic E-state index is 0.556. The van der Waals surface area contributed by atoms with E-state index in [9.17, 15) is 0 Å². The zero-order valence-corrected chi connectivity index (χ0v) is 12.8. The Hall–Kier alpha value is -1.75. The summed E-state index contributed by atoms with van der Waals surface area (Å²) in [5.74, 6) is 2.19. The van der Waals surface area contributed by atoms with Gasteiger partial charge in [-0.3, -0.25) is 0 Å². The first-order chi connectivity index (χ1) is 9.65. The Morgan fingerprint density at radius 3 is 2.70 bits per heavy atom. The summed E-state index contributed by atoms with van der Waals surface area (Å²) in [6.07, 6.45) is 1.84. The van der Waals surface area contributed by atoms with E-state index in [2.05, 4.69) is 16.9 Å². The van der Waals surface area contributed by atoms with Gasteiger partial charge in [0.25, 0.3) is 0 Å². The van der Waals surface area contributed by atoms with Gasteiger partial charge in [-0.25, -0.2) is 9.97 Å². The van der Waals surface area contributed by atoms with Crippen molar-refractivity contribution in [1.82, 2.24) is 9.97 Å². The second-order valence-electron chi connectivity index (χ2n) is 4.46. The Balaban J connectivity index is 2.37. The fraction of sp³-hybridized carbons (Fsp3) is 0.333. The molecule has 0 aliphatic heterocycles. The SMILES string of the molecule is CCCc1nc(N)c(C)c(Sc2ccccc2OC)n1. The molecule has 0 amide bonds. The Morgan fingerprint density at radius 1 is 1.25 bits per heavy atom. The molecule has 2 aromatic rings. The molecule has 0 aliphatic carbocycles. The van der Waals surface area contributed by atoms with Crippen LogP contribution < -0.4 is 10.5 Å². The fourth-order valence-corrected chi connectivity index (χ4v) is 2.82. The van der Waals surface area contributed by atoms with Crippen LogP contribution in [0.5, 0.6) is 5.75 Å². The number of benzene rings is 1. The third-order valence-electron chi connectivity index (χ3n) is 2.93. The maximum atomic E-state index is 5.98. The van der Waals surface area contributed by atoms with Crippen LogP contribution >= 0.6 is 11.8 Å². The fourth-order valence-electron chi connectivity index (χ4n) is 1.80. The molecule has 0 atom stereocenters. The number of hydrogen-bond donors (Lipinski definition) is 1. The molecule has 0 aliphatic rings. The third-order valence-corrected chi connectivity index (χ3v) is 4.08. The van der Waals surface area contributed by atoms with Crippen LogP contribution in [0.25, 0.3) is 0 Å². The van der Waals surface area contributed by atoms with Gasteiger partial charge < -0.3 is 10.5 Å². The third kappa shape index (κ3) is 3.22. The van der Waals surface area contributed by atoms with E-state index in [1.807, 2.05) is 31.2 Å². The molecule has 0 saturated heterocycles. The van der Waals surface area contributed by atoms with E-state index in [4.69, 9.17) is 10.5 Å². The topological polar surface area (TPSA) is 61.0 Å². The number of anilines is 1. The lowest BCUT2D eigenvalue weighted by molar-refractivity contribution is 0.405. The van der Waals surface area contributed by atoms with Gasteiger partial charge in [0, 0.05) is 12.0 Å².